The van der Waals surface area contributed by atoms with E-state index in [1.54, 1.807) is 0 Å². The third-order valence-electron chi connectivity index (χ3n) is 3.36. The Balaban J connectivity index is 2.14. The molecule has 1 aromatic heterocycles. The molecule has 2 heterocycles. The van der Waals surface area contributed by atoms with Gasteiger partial charge in [0.25, 0.3) is 5.91 Å². The number of carbonyl (C=O) groups excluding carboxylic acids is 1. The van der Waals surface area contributed by atoms with E-state index in [0.717, 1.165) is 11.3 Å². The minimum atomic E-state index is 0.0732. The van der Waals surface area contributed by atoms with Crippen molar-refractivity contribution >= 4 is 17.2 Å². The van der Waals surface area contributed by atoms with E-state index in [1.807, 2.05) is 23.3 Å². The number of rotatable bonds is 2. The summed E-state index contributed by atoms with van der Waals surface area (Å²) < 4.78 is 5.63. The summed E-state index contributed by atoms with van der Waals surface area (Å²) >= 11 is 1.48. The van der Waals surface area contributed by atoms with Crippen molar-refractivity contribution < 1.29 is 9.53 Å². The van der Waals surface area contributed by atoms with Crippen LogP contribution in [0.2, 0.25) is 0 Å². The van der Waals surface area contributed by atoms with Crippen LogP contribution in [-0.2, 0) is 4.74 Å². The number of ether oxygens (including phenoxy) is 1. The molecule has 5 heteroatoms. The van der Waals surface area contributed by atoms with Crippen molar-refractivity contribution in [3.63, 3.8) is 0 Å². The minimum absolute atomic E-state index is 0.0732. The molecule has 1 saturated heterocycles. The van der Waals surface area contributed by atoms with Crippen molar-refractivity contribution in [3.05, 3.63) is 21.9 Å². The number of carbonyl (C=O) groups is 1. The molecule has 0 bridgehead atoms. The highest BCUT2D eigenvalue weighted by Gasteiger charge is 2.30. The van der Waals surface area contributed by atoms with Crippen LogP contribution >= 0.6 is 11.3 Å². The van der Waals surface area contributed by atoms with Gasteiger partial charge in [-0.05, 0) is 19.4 Å². The van der Waals surface area contributed by atoms with Crippen LogP contribution < -0.4 is 5.73 Å². The summed E-state index contributed by atoms with van der Waals surface area (Å²) in [5.74, 6) is 5.84. The smallest absolute Gasteiger partial charge is 0.255 e. The third-order valence-corrected chi connectivity index (χ3v) is 4.21. The van der Waals surface area contributed by atoms with Crippen molar-refractivity contribution in [2.75, 3.05) is 19.7 Å². The summed E-state index contributed by atoms with van der Waals surface area (Å²) in [7, 11) is 0. The highest BCUT2D eigenvalue weighted by molar-refractivity contribution is 7.10. The molecule has 4 nitrogen and oxygen atoms in total. The van der Waals surface area contributed by atoms with E-state index in [2.05, 4.69) is 18.8 Å². The van der Waals surface area contributed by atoms with Crippen molar-refractivity contribution in [1.29, 1.82) is 0 Å². The van der Waals surface area contributed by atoms with Gasteiger partial charge >= 0.3 is 0 Å². The molecule has 0 spiro atoms. The van der Waals surface area contributed by atoms with Gasteiger partial charge < -0.3 is 15.4 Å². The van der Waals surface area contributed by atoms with E-state index in [9.17, 15) is 4.79 Å². The lowest BCUT2D eigenvalue weighted by atomic mass is 10.1. The molecule has 2 atom stereocenters. The van der Waals surface area contributed by atoms with Gasteiger partial charge in [0.2, 0.25) is 0 Å². The first-order valence-electron chi connectivity index (χ1n) is 6.85. The highest BCUT2D eigenvalue weighted by atomic mass is 32.1. The van der Waals surface area contributed by atoms with Crippen LogP contribution in [0.25, 0.3) is 0 Å². The van der Waals surface area contributed by atoms with Gasteiger partial charge in [-0.2, -0.15) is 0 Å². The Morgan fingerprint density at radius 1 is 1.65 bits per heavy atom. The molecule has 2 unspecified atom stereocenters. The van der Waals surface area contributed by atoms with Crippen LogP contribution in [0.1, 0.15) is 35.5 Å². The topological polar surface area (TPSA) is 55.6 Å². The summed E-state index contributed by atoms with van der Waals surface area (Å²) in [6, 6.07) is 2.01. The van der Waals surface area contributed by atoms with E-state index < -0.39 is 0 Å². The van der Waals surface area contributed by atoms with Crippen LogP contribution in [0.15, 0.2) is 11.4 Å². The number of morpholine rings is 1. The zero-order valence-corrected chi connectivity index (χ0v) is 12.7. The van der Waals surface area contributed by atoms with Gasteiger partial charge in [0.05, 0.1) is 35.7 Å². The first-order valence-corrected chi connectivity index (χ1v) is 7.73. The molecule has 1 aliphatic rings. The number of thiophene rings is 1. The van der Waals surface area contributed by atoms with Crippen LogP contribution in [0.4, 0.5) is 0 Å². The van der Waals surface area contributed by atoms with Gasteiger partial charge in [-0.25, -0.2) is 0 Å². The summed E-state index contributed by atoms with van der Waals surface area (Å²) in [6.07, 6.45) is 1.000. The van der Waals surface area contributed by atoms with Crippen molar-refractivity contribution in [2.24, 2.45) is 5.73 Å². The molecule has 20 heavy (non-hydrogen) atoms. The van der Waals surface area contributed by atoms with Crippen molar-refractivity contribution in [1.82, 2.24) is 4.90 Å². The highest BCUT2D eigenvalue weighted by Crippen LogP contribution is 2.21. The first-order chi connectivity index (χ1) is 9.65. The molecule has 1 aliphatic heterocycles. The fourth-order valence-electron chi connectivity index (χ4n) is 2.25. The van der Waals surface area contributed by atoms with Gasteiger partial charge in [0.1, 0.15) is 0 Å². The number of hydrogen-bond donors (Lipinski definition) is 1. The summed E-state index contributed by atoms with van der Waals surface area (Å²) in [6.45, 7) is 5.68. The van der Waals surface area contributed by atoms with E-state index in [4.69, 9.17) is 10.5 Å². The fraction of sp³-hybridized carbons (Fsp3) is 0.533. The largest absolute Gasteiger partial charge is 0.375 e. The van der Waals surface area contributed by atoms with Crippen LogP contribution in [-0.4, -0.2) is 42.6 Å². The molecular formula is C15H20N2O2S. The summed E-state index contributed by atoms with van der Waals surface area (Å²) in [4.78, 5) is 15.4. The molecule has 108 valence electrons. The second-order valence-electron chi connectivity index (χ2n) is 4.87. The van der Waals surface area contributed by atoms with Crippen LogP contribution in [0, 0.1) is 11.8 Å². The average Bonchev–Trinajstić information content (AvgIpc) is 2.93. The molecule has 0 aromatic carbocycles. The fourth-order valence-corrected chi connectivity index (χ4v) is 3.00. The predicted molar refractivity (Wildman–Crippen MR) is 80.8 cm³/mol. The van der Waals surface area contributed by atoms with Gasteiger partial charge in [-0.15, -0.1) is 11.3 Å². The van der Waals surface area contributed by atoms with Gasteiger partial charge in [-0.1, -0.05) is 18.8 Å². The lowest BCUT2D eigenvalue weighted by Gasteiger charge is -2.38. The number of nitrogens with zero attached hydrogens (tertiary/aromatic N) is 1. The Labute approximate surface area is 123 Å². The Hall–Kier alpha value is -1.35. The molecule has 0 radical (unpaired) electrons. The maximum absolute atomic E-state index is 12.6. The summed E-state index contributed by atoms with van der Waals surface area (Å²) in [5.41, 5.74) is 6.07. The second-order valence-corrected chi connectivity index (χ2v) is 5.78. The first kappa shape index (κ1) is 15.0. The van der Waals surface area contributed by atoms with Crippen molar-refractivity contribution in [3.8, 4) is 11.8 Å². The van der Waals surface area contributed by atoms with Gasteiger partial charge in [0.15, 0.2) is 0 Å². The molecule has 1 fully saturated rings. The maximum Gasteiger partial charge on any atom is 0.255 e. The predicted octanol–water partition coefficient (Wildman–Crippen LogP) is 1.70. The monoisotopic (exact) mass is 292 g/mol. The Kier molecular flexibility index (Phi) is 5.18. The van der Waals surface area contributed by atoms with Crippen LogP contribution in [0.3, 0.4) is 0 Å². The number of hydrogen-bond acceptors (Lipinski definition) is 4. The lowest BCUT2D eigenvalue weighted by molar-refractivity contribution is -0.0443. The van der Waals surface area contributed by atoms with E-state index >= 15 is 0 Å². The zero-order valence-electron chi connectivity index (χ0n) is 11.9. The molecule has 0 aliphatic carbocycles. The maximum atomic E-state index is 12.6. The van der Waals surface area contributed by atoms with Crippen molar-refractivity contribution in [2.45, 2.75) is 32.4 Å². The Bertz CT molecular complexity index is 529. The van der Waals surface area contributed by atoms with E-state index in [0.29, 0.717) is 25.3 Å². The standard InChI is InChI=1S/C15H20N2O2S/c1-3-13-9-19-11(2)8-17(13)15(18)12-7-14(20-10-12)5-4-6-16/h7,10-11,13H,3,6,8-9,16H2,1-2H3. The Morgan fingerprint density at radius 2 is 2.45 bits per heavy atom. The van der Waals surface area contributed by atoms with Gasteiger partial charge in [-0.3, -0.25) is 4.79 Å². The summed E-state index contributed by atoms with van der Waals surface area (Å²) in [5, 5.41) is 1.87. The number of nitrogens with two attached hydrogens (primary N) is 1. The Morgan fingerprint density at radius 3 is 3.15 bits per heavy atom. The van der Waals surface area contributed by atoms with E-state index in [1.165, 1.54) is 11.3 Å². The van der Waals surface area contributed by atoms with E-state index in [-0.39, 0.29) is 18.1 Å². The second kappa shape index (κ2) is 6.89. The van der Waals surface area contributed by atoms with Crippen LogP contribution in [0.5, 0.6) is 0 Å². The molecule has 0 saturated carbocycles. The third kappa shape index (κ3) is 3.40. The SMILES string of the molecule is CCC1COC(C)CN1C(=O)c1csc(C#CCN)c1. The quantitative estimate of drug-likeness (QED) is 0.844. The molecular weight excluding hydrogens is 272 g/mol. The molecule has 1 aromatic rings. The number of amides is 1. The van der Waals surface area contributed by atoms with Gasteiger partial charge in [0, 0.05) is 11.9 Å². The molecule has 1 amide bonds. The normalized spacial score (nSPS) is 22.2. The molecule has 2 N–H and O–H groups in total. The zero-order chi connectivity index (χ0) is 14.5. The lowest BCUT2D eigenvalue weighted by Crippen LogP contribution is -2.51. The average molecular weight is 292 g/mol. The minimum Gasteiger partial charge on any atom is -0.375 e. The molecule has 2 rings (SSSR count).